The Morgan fingerprint density at radius 3 is 2.50 bits per heavy atom. The van der Waals surface area contributed by atoms with Crippen molar-refractivity contribution in [2.45, 2.75) is 18.6 Å². The summed E-state index contributed by atoms with van der Waals surface area (Å²) in [4.78, 5) is 12.3. The van der Waals surface area contributed by atoms with Gasteiger partial charge < -0.3 is 5.32 Å². The van der Waals surface area contributed by atoms with Gasteiger partial charge in [-0.1, -0.05) is 76.9 Å². The maximum atomic E-state index is 12.3. The number of carbonyl (C=O) groups is 1. The van der Waals surface area contributed by atoms with E-state index < -0.39 is 0 Å². The Balaban J connectivity index is 1.74. The summed E-state index contributed by atoms with van der Waals surface area (Å²) >= 11 is 13.5. The van der Waals surface area contributed by atoms with Crippen LogP contribution in [0.2, 0.25) is 10.0 Å². The van der Waals surface area contributed by atoms with Gasteiger partial charge in [0.15, 0.2) is 11.0 Å². The number of nitrogens with zero attached hydrogens (tertiary/aromatic N) is 3. The fourth-order valence-electron chi connectivity index (χ4n) is 2.53. The molecule has 0 aliphatic carbocycles. The molecule has 0 spiro atoms. The van der Waals surface area contributed by atoms with Gasteiger partial charge in [0, 0.05) is 12.1 Å². The molecular formula is C20H18Cl2N4OS. The number of allylic oxidation sites excluding steroid dienone is 1. The lowest BCUT2D eigenvalue weighted by Gasteiger charge is -2.10. The van der Waals surface area contributed by atoms with E-state index in [1.54, 1.807) is 24.3 Å². The van der Waals surface area contributed by atoms with Crippen LogP contribution in [-0.2, 0) is 11.3 Å². The van der Waals surface area contributed by atoms with Gasteiger partial charge in [0.25, 0.3) is 0 Å². The maximum absolute atomic E-state index is 12.3. The van der Waals surface area contributed by atoms with Gasteiger partial charge in [-0.3, -0.25) is 9.36 Å². The van der Waals surface area contributed by atoms with Crippen LogP contribution in [0.15, 0.2) is 60.3 Å². The van der Waals surface area contributed by atoms with Crippen molar-refractivity contribution in [3.63, 3.8) is 0 Å². The van der Waals surface area contributed by atoms with Gasteiger partial charge in [-0.25, -0.2) is 0 Å². The van der Waals surface area contributed by atoms with E-state index in [1.165, 1.54) is 17.3 Å². The third-order valence-electron chi connectivity index (χ3n) is 3.90. The zero-order valence-electron chi connectivity index (χ0n) is 15.2. The van der Waals surface area contributed by atoms with Crippen molar-refractivity contribution in [3.05, 3.63) is 70.7 Å². The standard InChI is InChI=1S/C20H18Cl2N4OS/c1-3-11-26-19(14-9-7-13(2)8-10-14)24-25-20(26)28-12-17(27)23-18-15(21)5-4-6-16(18)22/h3-10H,1,11-12H2,2H3,(H,23,27). The van der Waals surface area contributed by atoms with Crippen LogP contribution in [0.1, 0.15) is 5.56 Å². The van der Waals surface area contributed by atoms with E-state index in [0.29, 0.717) is 27.4 Å². The SMILES string of the molecule is C=CCn1c(SCC(=O)Nc2c(Cl)cccc2Cl)nnc1-c1ccc(C)cc1. The summed E-state index contributed by atoms with van der Waals surface area (Å²) in [5, 5.41) is 12.7. The smallest absolute Gasteiger partial charge is 0.234 e. The average Bonchev–Trinajstić information content (AvgIpc) is 3.07. The molecule has 8 heteroatoms. The lowest BCUT2D eigenvalue weighted by atomic mass is 10.1. The number of aryl methyl sites for hydroxylation is 1. The number of nitrogens with one attached hydrogen (secondary N) is 1. The first-order chi connectivity index (χ1) is 13.5. The van der Waals surface area contributed by atoms with Gasteiger partial charge in [0.1, 0.15) is 0 Å². The zero-order chi connectivity index (χ0) is 20.1. The second-order valence-corrected chi connectivity index (χ2v) is 7.76. The van der Waals surface area contributed by atoms with Crippen LogP contribution < -0.4 is 5.32 Å². The van der Waals surface area contributed by atoms with E-state index in [1.807, 2.05) is 35.8 Å². The molecule has 5 nitrogen and oxygen atoms in total. The summed E-state index contributed by atoms with van der Waals surface area (Å²) in [7, 11) is 0. The number of rotatable bonds is 7. The van der Waals surface area contributed by atoms with E-state index in [2.05, 4.69) is 22.1 Å². The number of anilines is 1. The van der Waals surface area contributed by atoms with Crippen molar-refractivity contribution < 1.29 is 4.79 Å². The van der Waals surface area contributed by atoms with Crippen LogP contribution in [-0.4, -0.2) is 26.4 Å². The highest BCUT2D eigenvalue weighted by Gasteiger charge is 2.16. The second-order valence-electron chi connectivity index (χ2n) is 6.00. The molecule has 0 aliphatic rings. The number of benzene rings is 2. The lowest BCUT2D eigenvalue weighted by Crippen LogP contribution is -2.15. The van der Waals surface area contributed by atoms with E-state index in [-0.39, 0.29) is 11.7 Å². The summed E-state index contributed by atoms with van der Waals surface area (Å²) in [6, 6.07) is 13.1. The van der Waals surface area contributed by atoms with Crippen LogP contribution in [0.3, 0.4) is 0 Å². The van der Waals surface area contributed by atoms with Crippen LogP contribution in [0.4, 0.5) is 5.69 Å². The molecule has 1 aromatic heterocycles. The monoisotopic (exact) mass is 432 g/mol. The number of hydrogen-bond donors (Lipinski definition) is 1. The Kier molecular flexibility index (Phi) is 6.78. The van der Waals surface area contributed by atoms with Crippen LogP contribution >= 0.6 is 35.0 Å². The molecule has 0 atom stereocenters. The number of amides is 1. The Morgan fingerprint density at radius 1 is 1.18 bits per heavy atom. The van der Waals surface area contributed by atoms with E-state index in [0.717, 1.165) is 11.4 Å². The van der Waals surface area contributed by atoms with E-state index in [4.69, 9.17) is 23.2 Å². The molecule has 1 heterocycles. The van der Waals surface area contributed by atoms with Gasteiger partial charge in [0.05, 0.1) is 21.5 Å². The largest absolute Gasteiger partial charge is 0.323 e. The summed E-state index contributed by atoms with van der Waals surface area (Å²) in [6.07, 6.45) is 1.77. The van der Waals surface area contributed by atoms with E-state index >= 15 is 0 Å². The number of hydrogen-bond acceptors (Lipinski definition) is 4. The fraction of sp³-hybridized carbons (Fsp3) is 0.150. The molecule has 3 rings (SSSR count). The molecular weight excluding hydrogens is 415 g/mol. The first-order valence-electron chi connectivity index (χ1n) is 8.47. The quantitative estimate of drug-likeness (QED) is 0.396. The summed E-state index contributed by atoms with van der Waals surface area (Å²) in [5.41, 5.74) is 2.53. The molecule has 0 radical (unpaired) electrons. The van der Waals surface area contributed by atoms with Crippen molar-refractivity contribution in [2.75, 3.05) is 11.1 Å². The summed E-state index contributed by atoms with van der Waals surface area (Å²) in [6.45, 7) is 6.37. The second kappa shape index (κ2) is 9.28. The molecule has 28 heavy (non-hydrogen) atoms. The van der Waals surface area contributed by atoms with E-state index in [9.17, 15) is 4.79 Å². The highest BCUT2D eigenvalue weighted by atomic mass is 35.5. The molecule has 3 aromatic rings. The first-order valence-corrected chi connectivity index (χ1v) is 10.2. The molecule has 0 unspecified atom stereocenters. The fourth-order valence-corrected chi connectivity index (χ4v) is 3.77. The highest BCUT2D eigenvalue weighted by Crippen LogP contribution is 2.30. The van der Waals surface area contributed by atoms with Crippen molar-refractivity contribution in [1.29, 1.82) is 0 Å². The van der Waals surface area contributed by atoms with Gasteiger partial charge >= 0.3 is 0 Å². The van der Waals surface area contributed by atoms with Gasteiger partial charge in [-0.05, 0) is 19.1 Å². The molecule has 0 saturated carbocycles. The van der Waals surface area contributed by atoms with Gasteiger partial charge in [0.2, 0.25) is 5.91 Å². The van der Waals surface area contributed by atoms with Crippen molar-refractivity contribution in [2.24, 2.45) is 0 Å². The van der Waals surface area contributed by atoms with Gasteiger partial charge in [-0.2, -0.15) is 0 Å². The predicted molar refractivity (Wildman–Crippen MR) is 116 cm³/mol. The number of thioether (sulfide) groups is 1. The highest BCUT2D eigenvalue weighted by molar-refractivity contribution is 7.99. The lowest BCUT2D eigenvalue weighted by molar-refractivity contribution is -0.113. The summed E-state index contributed by atoms with van der Waals surface area (Å²) in [5.74, 6) is 0.645. The van der Waals surface area contributed by atoms with Crippen LogP contribution in [0, 0.1) is 6.92 Å². The Hall–Kier alpha value is -2.28. The normalized spacial score (nSPS) is 10.7. The third kappa shape index (κ3) is 4.76. The Morgan fingerprint density at radius 2 is 1.86 bits per heavy atom. The number of aromatic nitrogens is 3. The Bertz CT molecular complexity index is 982. The number of para-hydroxylation sites is 1. The molecule has 0 bridgehead atoms. The molecule has 2 aromatic carbocycles. The summed E-state index contributed by atoms with van der Waals surface area (Å²) < 4.78 is 1.93. The molecule has 1 N–H and O–H groups in total. The molecule has 144 valence electrons. The zero-order valence-corrected chi connectivity index (χ0v) is 17.5. The predicted octanol–water partition coefficient (Wildman–Crippen LogP) is 5.48. The van der Waals surface area contributed by atoms with Crippen LogP contribution in [0.25, 0.3) is 11.4 Å². The topological polar surface area (TPSA) is 59.8 Å². The number of carbonyl (C=O) groups excluding carboxylic acids is 1. The maximum Gasteiger partial charge on any atom is 0.234 e. The average molecular weight is 433 g/mol. The van der Waals surface area contributed by atoms with Crippen LogP contribution in [0.5, 0.6) is 0 Å². The van der Waals surface area contributed by atoms with Crippen molar-refractivity contribution in [1.82, 2.24) is 14.8 Å². The minimum absolute atomic E-state index is 0.144. The molecule has 0 fully saturated rings. The first kappa shape index (κ1) is 20.5. The van der Waals surface area contributed by atoms with Crippen molar-refractivity contribution in [3.8, 4) is 11.4 Å². The Labute approximate surface area is 177 Å². The molecule has 0 aliphatic heterocycles. The number of halogens is 2. The minimum atomic E-state index is -0.231. The molecule has 1 amide bonds. The van der Waals surface area contributed by atoms with Gasteiger partial charge in [-0.15, -0.1) is 16.8 Å². The molecule has 0 saturated heterocycles. The third-order valence-corrected chi connectivity index (χ3v) is 5.49. The van der Waals surface area contributed by atoms with Crippen molar-refractivity contribution >= 4 is 46.6 Å². The minimum Gasteiger partial charge on any atom is -0.323 e.